The molecule has 2 rings (SSSR count). The second-order valence-electron chi connectivity index (χ2n) is 5.27. The van der Waals surface area contributed by atoms with Crippen molar-refractivity contribution in [2.45, 2.75) is 50.4 Å². The molecule has 1 aromatic heterocycles. The van der Waals surface area contributed by atoms with Crippen LogP contribution < -0.4 is 0 Å². The first-order valence-corrected chi connectivity index (χ1v) is 6.89. The third kappa shape index (κ3) is 3.97. The molecule has 12 heteroatoms. The Morgan fingerprint density at radius 1 is 1.33 bits per heavy atom. The monoisotopic (exact) mass is 357 g/mol. The molecule has 0 unspecified atom stereocenters. The third-order valence-corrected chi connectivity index (χ3v) is 3.67. The number of hydrogen-bond acceptors (Lipinski definition) is 5. The molecule has 0 bridgehead atoms. The smallest absolute Gasteiger partial charge is 0.456 e. The van der Waals surface area contributed by atoms with Gasteiger partial charge in [-0.2, -0.15) is 18.3 Å². The summed E-state index contributed by atoms with van der Waals surface area (Å²) in [4.78, 5) is 20.5. The fourth-order valence-electron chi connectivity index (χ4n) is 2.52. The van der Waals surface area contributed by atoms with Crippen LogP contribution in [0.15, 0.2) is 6.20 Å². The number of ether oxygens (including phenoxy) is 1. The number of rotatable bonds is 4. The van der Waals surface area contributed by atoms with E-state index in [9.17, 15) is 36.9 Å². The average Bonchev–Trinajstić information content (AvgIpc) is 2.92. The minimum Gasteiger partial charge on any atom is -0.456 e. The lowest BCUT2D eigenvalue weighted by Gasteiger charge is -2.28. The van der Waals surface area contributed by atoms with Crippen molar-refractivity contribution >= 4 is 11.7 Å². The number of esters is 1. The summed E-state index contributed by atoms with van der Waals surface area (Å²) >= 11 is 0. The van der Waals surface area contributed by atoms with Gasteiger partial charge in [0.15, 0.2) is 0 Å². The van der Waals surface area contributed by atoms with Crippen molar-refractivity contribution in [3.63, 3.8) is 0 Å². The van der Waals surface area contributed by atoms with E-state index in [0.717, 1.165) is 10.9 Å². The van der Waals surface area contributed by atoms with E-state index in [4.69, 9.17) is 0 Å². The quantitative estimate of drug-likeness (QED) is 0.357. The van der Waals surface area contributed by atoms with Crippen LogP contribution in [0, 0.1) is 10.1 Å². The van der Waals surface area contributed by atoms with Crippen LogP contribution in [0.1, 0.15) is 43.8 Å². The molecule has 1 fully saturated rings. The summed E-state index contributed by atoms with van der Waals surface area (Å²) in [6.07, 6.45) is -7.71. The van der Waals surface area contributed by atoms with Crippen LogP contribution in [0.3, 0.4) is 0 Å². The van der Waals surface area contributed by atoms with Crippen LogP contribution in [0.2, 0.25) is 0 Å². The number of nitrogens with zero attached hydrogens (tertiary/aromatic N) is 3. The van der Waals surface area contributed by atoms with Crippen molar-refractivity contribution in [2.24, 2.45) is 0 Å². The molecule has 0 aliphatic heterocycles. The van der Waals surface area contributed by atoms with Crippen molar-refractivity contribution in [3.05, 3.63) is 22.0 Å². The van der Waals surface area contributed by atoms with Crippen molar-refractivity contribution < 1.29 is 36.4 Å². The zero-order chi connectivity index (χ0) is 18.1. The van der Waals surface area contributed by atoms with E-state index in [-0.39, 0.29) is 25.7 Å². The number of carbonyl (C=O) groups excluding carboxylic acids is 1. The number of carbonyl (C=O) groups is 1. The molecule has 0 radical (unpaired) electrons. The number of alkyl halides is 5. The maximum atomic E-state index is 12.7. The normalized spacial score (nSPS) is 21.8. The Hall–Kier alpha value is -2.27. The summed E-state index contributed by atoms with van der Waals surface area (Å²) in [7, 11) is 0. The number of halogens is 5. The molecule has 1 saturated carbocycles. The highest BCUT2D eigenvalue weighted by molar-refractivity contribution is 5.75. The molecule has 24 heavy (non-hydrogen) atoms. The van der Waals surface area contributed by atoms with Crippen molar-refractivity contribution in [3.8, 4) is 0 Å². The molecule has 1 aliphatic carbocycles. The Morgan fingerprint density at radius 2 is 1.92 bits per heavy atom. The summed E-state index contributed by atoms with van der Waals surface area (Å²) in [6, 6.07) is -0.489. The van der Waals surface area contributed by atoms with Gasteiger partial charge in [-0.1, -0.05) is 0 Å². The Balaban J connectivity index is 2.01. The zero-order valence-corrected chi connectivity index (χ0v) is 12.0. The third-order valence-electron chi connectivity index (χ3n) is 3.67. The minimum atomic E-state index is -5.08. The predicted octanol–water partition coefficient (Wildman–Crippen LogP) is 3.32. The van der Waals surface area contributed by atoms with Gasteiger partial charge in [-0.25, -0.2) is 13.6 Å². The van der Waals surface area contributed by atoms with Gasteiger partial charge in [-0.05, 0) is 25.7 Å². The predicted molar refractivity (Wildman–Crippen MR) is 67.3 cm³/mol. The number of aromatic nitrogens is 2. The van der Waals surface area contributed by atoms with E-state index >= 15 is 0 Å². The summed E-state index contributed by atoms with van der Waals surface area (Å²) < 4.78 is 67.2. The fourth-order valence-corrected chi connectivity index (χ4v) is 2.52. The summed E-state index contributed by atoms with van der Waals surface area (Å²) in [5.74, 6) is -2.28. The molecule has 134 valence electrons. The molecule has 7 nitrogen and oxygen atoms in total. The van der Waals surface area contributed by atoms with Gasteiger partial charge in [-0.15, -0.1) is 0 Å². The lowest BCUT2D eigenvalue weighted by Crippen LogP contribution is -2.32. The van der Waals surface area contributed by atoms with E-state index < -0.39 is 47.0 Å². The summed E-state index contributed by atoms with van der Waals surface area (Å²) in [6.45, 7) is 0. The first kappa shape index (κ1) is 18.1. The van der Waals surface area contributed by atoms with Gasteiger partial charge in [0.25, 0.3) is 6.43 Å². The van der Waals surface area contributed by atoms with Crippen LogP contribution in [0.5, 0.6) is 0 Å². The Kier molecular flexibility index (Phi) is 5.04. The highest BCUT2D eigenvalue weighted by atomic mass is 19.4. The van der Waals surface area contributed by atoms with Crippen LogP contribution in [0.4, 0.5) is 27.6 Å². The summed E-state index contributed by atoms with van der Waals surface area (Å²) in [5.41, 5.74) is -1.76. The van der Waals surface area contributed by atoms with Gasteiger partial charge in [0.05, 0.1) is 11.0 Å². The van der Waals surface area contributed by atoms with E-state index in [1.54, 1.807) is 0 Å². The van der Waals surface area contributed by atoms with E-state index in [1.807, 2.05) is 0 Å². The molecular formula is C12H12F5N3O4. The van der Waals surface area contributed by atoms with E-state index in [2.05, 4.69) is 9.84 Å². The molecule has 1 aliphatic rings. The van der Waals surface area contributed by atoms with Crippen LogP contribution in [0.25, 0.3) is 0 Å². The Bertz CT molecular complexity index is 623. The number of nitro groups is 1. The van der Waals surface area contributed by atoms with Crippen molar-refractivity contribution in [1.29, 1.82) is 0 Å². The molecule has 0 N–H and O–H groups in total. The molecule has 0 saturated heterocycles. The molecule has 1 aromatic rings. The second kappa shape index (κ2) is 6.69. The molecule has 0 atom stereocenters. The van der Waals surface area contributed by atoms with Gasteiger partial charge in [-0.3, -0.25) is 14.8 Å². The van der Waals surface area contributed by atoms with Crippen LogP contribution in [-0.2, 0) is 9.53 Å². The number of hydrogen-bond donors (Lipinski definition) is 0. The van der Waals surface area contributed by atoms with Gasteiger partial charge >= 0.3 is 17.8 Å². The first-order chi connectivity index (χ1) is 11.1. The van der Waals surface area contributed by atoms with Gasteiger partial charge in [0, 0.05) is 0 Å². The molecule has 0 aromatic carbocycles. The topological polar surface area (TPSA) is 87.3 Å². The highest BCUT2D eigenvalue weighted by Gasteiger charge is 2.43. The summed E-state index contributed by atoms with van der Waals surface area (Å²) in [5, 5.41) is 14.3. The first-order valence-electron chi connectivity index (χ1n) is 6.89. The Labute approximate surface area is 131 Å². The second-order valence-corrected chi connectivity index (χ2v) is 5.27. The minimum absolute atomic E-state index is 0.0736. The molecular weight excluding hydrogens is 345 g/mol. The van der Waals surface area contributed by atoms with Gasteiger partial charge < -0.3 is 4.74 Å². The molecule has 1 heterocycles. The Morgan fingerprint density at radius 3 is 2.33 bits per heavy atom. The standard InChI is InChI=1S/C12H12F5N3O4/c13-10(14)9-8(20(22)23)5-19(18-9)6-1-3-7(4-2-6)24-11(21)12(15,16)17/h5-7,10H,1-4H2. The average molecular weight is 357 g/mol. The molecule has 0 spiro atoms. The van der Waals surface area contributed by atoms with Crippen LogP contribution >= 0.6 is 0 Å². The van der Waals surface area contributed by atoms with Crippen molar-refractivity contribution in [1.82, 2.24) is 9.78 Å². The highest BCUT2D eigenvalue weighted by Crippen LogP contribution is 2.34. The van der Waals surface area contributed by atoms with E-state index in [0.29, 0.717) is 0 Å². The van der Waals surface area contributed by atoms with Crippen molar-refractivity contribution in [2.75, 3.05) is 0 Å². The van der Waals surface area contributed by atoms with E-state index in [1.165, 1.54) is 0 Å². The maximum Gasteiger partial charge on any atom is 0.490 e. The SMILES string of the molecule is O=C(OC1CCC(n2cc([N+](=O)[O-])c(C(F)F)n2)CC1)C(F)(F)F. The lowest BCUT2D eigenvalue weighted by molar-refractivity contribution is -0.386. The molecule has 0 amide bonds. The lowest BCUT2D eigenvalue weighted by atomic mass is 9.93. The zero-order valence-electron chi connectivity index (χ0n) is 12.0. The van der Waals surface area contributed by atoms with Crippen LogP contribution in [-0.4, -0.2) is 33.0 Å². The van der Waals surface area contributed by atoms with Gasteiger partial charge in [0.1, 0.15) is 12.3 Å². The largest absolute Gasteiger partial charge is 0.490 e. The fraction of sp³-hybridized carbons (Fsp3) is 0.667. The van der Waals surface area contributed by atoms with Gasteiger partial charge in [0.2, 0.25) is 5.69 Å². The maximum absolute atomic E-state index is 12.7.